The lowest BCUT2D eigenvalue weighted by Gasteiger charge is -2.52. The third kappa shape index (κ3) is 5.65. The van der Waals surface area contributed by atoms with Gasteiger partial charge in [-0.1, -0.05) is 6.08 Å². The summed E-state index contributed by atoms with van der Waals surface area (Å²) in [5, 5.41) is 6.30. The smallest absolute Gasteiger partial charge is 0.416 e. The molecular weight excluding hydrogens is 602 g/mol. The van der Waals surface area contributed by atoms with Crippen molar-refractivity contribution in [3.05, 3.63) is 98.5 Å². The Bertz CT molecular complexity index is 1810. The van der Waals surface area contributed by atoms with E-state index in [0.29, 0.717) is 29.3 Å². The number of rotatable bonds is 8. The second-order valence-electron chi connectivity index (χ2n) is 11.5. The maximum atomic E-state index is 13.5. The topological polar surface area (TPSA) is 83.6 Å². The molecule has 7 rings (SSSR count). The first-order valence-electron chi connectivity index (χ1n) is 14.2. The van der Waals surface area contributed by atoms with E-state index in [9.17, 15) is 35.9 Å². The molecule has 3 aliphatic heterocycles. The van der Waals surface area contributed by atoms with Gasteiger partial charge in [0.2, 0.25) is 0 Å². The fourth-order valence-corrected chi connectivity index (χ4v) is 6.63. The summed E-state index contributed by atoms with van der Waals surface area (Å²) in [5.74, 6) is 1.16. The average Bonchev–Trinajstić information content (AvgIpc) is 3.03. The molecule has 4 aromatic rings. The number of methoxy groups -OCH3 is 1. The molecule has 2 N–H and O–H groups in total. The number of anilines is 3. The third-order valence-electron chi connectivity index (χ3n) is 8.92. The monoisotopic (exact) mass is 630 g/mol. The Morgan fingerprint density at radius 1 is 1.00 bits per heavy atom. The Labute approximate surface area is 253 Å². The van der Waals surface area contributed by atoms with Crippen LogP contribution in [0.4, 0.5) is 43.4 Å². The number of piperidine rings is 3. The maximum Gasteiger partial charge on any atom is 0.416 e. The van der Waals surface area contributed by atoms with Crippen LogP contribution in [0, 0.1) is 11.8 Å². The number of nitrogens with zero attached hydrogens (tertiary/aromatic N) is 2. The van der Waals surface area contributed by atoms with Gasteiger partial charge in [0.25, 0.3) is 10.9 Å². The number of halogens is 6. The van der Waals surface area contributed by atoms with Crippen LogP contribution >= 0.6 is 0 Å². The molecule has 3 fully saturated rings. The van der Waals surface area contributed by atoms with Gasteiger partial charge in [0, 0.05) is 29.9 Å². The molecule has 3 saturated heterocycles. The number of alkyl halides is 6. The van der Waals surface area contributed by atoms with E-state index in [1.54, 1.807) is 30.5 Å². The van der Waals surface area contributed by atoms with Crippen LogP contribution in [-0.2, 0) is 12.4 Å². The van der Waals surface area contributed by atoms with Crippen LogP contribution in [0.1, 0.15) is 35.6 Å². The molecule has 0 radical (unpaired) electrons. The number of hydrogen-bond acceptors (Lipinski definition) is 7. The Balaban J connectivity index is 1.43. The van der Waals surface area contributed by atoms with Gasteiger partial charge in [-0.25, -0.2) is 0 Å². The fourth-order valence-electron chi connectivity index (χ4n) is 6.63. The molecule has 45 heavy (non-hydrogen) atoms. The van der Waals surface area contributed by atoms with Gasteiger partial charge < -0.3 is 15.4 Å². The molecule has 236 valence electrons. The molecule has 2 bridgehead atoms. The summed E-state index contributed by atoms with van der Waals surface area (Å²) in [6.45, 7) is 5.48. The van der Waals surface area contributed by atoms with Crippen molar-refractivity contribution in [3.63, 3.8) is 0 Å². The predicted octanol–water partition coefficient (Wildman–Crippen LogP) is 6.67. The van der Waals surface area contributed by atoms with E-state index in [-0.39, 0.29) is 23.7 Å². The summed E-state index contributed by atoms with van der Waals surface area (Å²) >= 11 is 0. The second-order valence-corrected chi connectivity index (χ2v) is 11.5. The van der Waals surface area contributed by atoms with Gasteiger partial charge in [-0.2, -0.15) is 26.3 Å². The van der Waals surface area contributed by atoms with Crippen molar-refractivity contribution in [2.45, 2.75) is 37.3 Å². The lowest BCUT2D eigenvalue weighted by atomic mass is 9.73. The number of aromatic nitrogens is 1. The molecule has 4 unspecified atom stereocenters. The van der Waals surface area contributed by atoms with Crippen molar-refractivity contribution in [1.82, 2.24) is 9.88 Å². The van der Waals surface area contributed by atoms with Crippen LogP contribution in [0.3, 0.4) is 0 Å². The summed E-state index contributed by atoms with van der Waals surface area (Å²) < 4.78 is 86.4. The zero-order valence-electron chi connectivity index (χ0n) is 23.9. The number of ether oxygens (including phenoxy) is 1. The molecule has 0 aliphatic carbocycles. The van der Waals surface area contributed by atoms with E-state index >= 15 is 0 Å². The first-order valence-corrected chi connectivity index (χ1v) is 14.2. The molecule has 5 atom stereocenters. The molecule has 0 amide bonds. The van der Waals surface area contributed by atoms with Crippen LogP contribution < -0.4 is 26.2 Å². The highest BCUT2D eigenvalue weighted by atomic mass is 19.4. The first-order chi connectivity index (χ1) is 21.3. The van der Waals surface area contributed by atoms with Crippen molar-refractivity contribution in [3.8, 4) is 5.75 Å². The molecule has 7 nitrogen and oxygen atoms in total. The maximum absolute atomic E-state index is 13.5. The highest BCUT2D eigenvalue weighted by molar-refractivity contribution is 5.85. The first kappa shape index (κ1) is 30.6. The normalized spacial score (nSPS) is 22.4. The molecule has 3 aromatic carbocycles. The van der Waals surface area contributed by atoms with Crippen LogP contribution in [0.15, 0.2) is 70.9 Å². The van der Waals surface area contributed by atoms with Crippen molar-refractivity contribution in [1.29, 1.82) is 0 Å². The van der Waals surface area contributed by atoms with Gasteiger partial charge >= 0.3 is 12.4 Å². The van der Waals surface area contributed by atoms with Crippen molar-refractivity contribution in [2.24, 2.45) is 11.8 Å². The number of hydrogen-bond donors (Lipinski definition) is 2. The molecular formula is C32H28F6N4O3. The minimum atomic E-state index is -5.08. The molecule has 1 aromatic heterocycles. The average molecular weight is 631 g/mol. The fraction of sp³-hybridized carbons (Fsp3) is 0.344. The number of benzene rings is 2. The Hall–Kier alpha value is -4.39. The van der Waals surface area contributed by atoms with Crippen molar-refractivity contribution in [2.75, 3.05) is 30.8 Å². The summed E-state index contributed by atoms with van der Waals surface area (Å²) in [4.78, 5) is 32.4. The van der Waals surface area contributed by atoms with E-state index in [2.05, 4.69) is 27.1 Å². The number of fused-ring (bicyclic) bond motifs is 4. The molecule has 3 aliphatic rings. The van der Waals surface area contributed by atoms with Crippen LogP contribution in [0.2, 0.25) is 0 Å². The van der Waals surface area contributed by atoms with Crippen LogP contribution in [0.5, 0.6) is 5.75 Å². The van der Waals surface area contributed by atoms with E-state index < -0.39 is 51.8 Å². The Morgan fingerprint density at radius 3 is 2.29 bits per heavy atom. The van der Waals surface area contributed by atoms with Gasteiger partial charge in [0.15, 0.2) is 0 Å². The zero-order valence-corrected chi connectivity index (χ0v) is 23.9. The van der Waals surface area contributed by atoms with Gasteiger partial charge in [-0.05, 0) is 79.3 Å². The summed E-state index contributed by atoms with van der Waals surface area (Å²) in [5.41, 5.74) is -4.95. The summed E-state index contributed by atoms with van der Waals surface area (Å²) in [7, 11) is 1.52. The van der Waals surface area contributed by atoms with Gasteiger partial charge in [-0.3, -0.25) is 19.5 Å². The summed E-state index contributed by atoms with van der Waals surface area (Å²) in [6.07, 6.45) is -4.94. The lowest BCUT2D eigenvalue weighted by Crippen LogP contribution is -2.56. The minimum absolute atomic E-state index is 0.00556. The Kier molecular flexibility index (Phi) is 7.62. The molecule has 0 spiro atoms. The van der Waals surface area contributed by atoms with Gasteiger partial charge in [0.1, 0.15) is 17.1 Å². The van der Waals surface area contributed by atoms with Gasteiger partial charge in [-0.15, -0.1) is 6.58 Å². The second kappa shape index (κ2) is 11.2. The highest BCUT2D eigenvalue weighted by Gasteiger charge is 2.44. The van der Waals surface area contributed by atoms with E-state index in [4.69, 9.17) is 4.74 Å². The van der Waals surface area contributed by atoms with Crippen LogP contribution in [0.25, 0.3) is 10.9 Å². The van der Waals surface area contributed by atoms with Gasteiger partial charge in [0.05, 0.1) is 29.8 Å². The predicted molar refractivity (Wildman–Crippen MR) is 158 cm³/mol. The molecule has 0 saturated carbocycles. The van der Waals surface area contributed by atoms with Crippen molar-refractivity contribution < 1.29 is 31.1 Å². The highest BCUT2D eigenvalue weighted by Crippen LogP contribution is 2.44. The van der Waals surface area contributed by atoms with E-state index in [1.807, 2.05) is 6.08 Å². The number of nitrogens with one attached hydrogen (secondary N) is 2. The Morgan fingerprint density at radius 2 is 1.69 bits per heavy atom. The SMILES string of the molecule is C=C[C@H]1CN2CCC1CC2C(Nc1c(Nc2cc(C(F)(F)F)cc(C(F)(F)F)c2)c(=O)c1=O)c1ccnc2ccc(OC)cc12. The van der Waals surface area contributed by atoms with E-state index in [0.717, 1.165) is 36.9 Å². The largest absolute Gasteiger partial charge is 0.497 e. The minimum Gasteiger partial charge on any atom is -0.497 e. The lowest BCUT2D eigenvalue weighted by molar-refractivity contribution is -0.143. The number of pyridine rings is 1. The zero-order chi connectivity index (χ0) is 32.3. The standard InChI is InChI=1S/C32H28F6N4O3/c1-3-16-15-42-9-7-17(16)10-25(42)26(22-6-8-39-24-5-4-21(45-2)14-23(22)24)41-28-27(29(43)30(28)44)40-20-12-18(31(33,34)35)11-19(13-20)32(36,37)38/h3-6,8,11-14,16-17,25-26,40-41H,1,7,9-10,15H2,2H3/t16-,17?,25?,26?/m0/s1. The van der Waals surface area contributed by atoms with Crippen molar-refractivity contribution >= 4 is 28.0 Å². The molecule has 4 heterocycles. The van der Waals surface area contributed by atoms with E-state index in [1.165, 1.54) is 7.11 Å². The third-order valence-corrected chi connectivity index (χ3v) is 8.92. The molecule has 13 heteroatoms. The summed E-state index contributed by atoms with van der Waals surface area (Å²) in [6, 6.07) is 7.29. The van der Waals surface area contributed by atoms with Crippen LogP contribution in [-0.4, -0.2) is 36.1 Å². The quantitative estimate of drug-likeness (QED) is 0.128.